The van der Waals surface area contributed by atoms with E-state index in [0.29, 0.717) is 5.56 Å². The Morgan fingerprint density at radius 1 is 1.20 bits per heavy atom. The largest absolute Gasteiger partial charge is 0.364 e. The van der Waals surface area contributed by atoms with Crippen molar-refractivity contribution in [2.75, 3.05) is 13.3 Å². The second-order valence-electron chi connectivity index (χ2n) is 3.70. The van der Waals surface area contributed by atoms with Crippen LogP contribution in [0.1, 0.15) is 10.4 Å². The molecule has 0 heterocycles. The molecule has 0 bridgehead atoms. The van der Waals surface area contributed by atoms with Gasteiger partial charge in [0.1, 0.15) is 0 Å². The van der Waals surface area contributed by atoms with Gasteiger partial charge in [-0.1, -0.05) is 30.3 Å². The van der Waals surface area contributed by atoms with Gasteiger partial charge in [-0.05, 0) is 12.2 Å². The molecule has 0 atom stereocenters. The van der Waals surface area contributed by atoms with E-state index in [4.69, 9.17) is 12.2 Å². The molecule has 0 aliphatic heterocycles. The van der Waals surface area contributed by atoms with Crippen LogP contribution in [0.2, 0.25) is 0 Å². The minimum atomic E-state index is -3.73. The smallest absolute Gasteiger partial charge is 0.252 e. The number of rotatable bonds is 3. The van der Waals surface area contributed by atoms with Crippen molar-refractivity contribution < 1.29 is 13.2 Å². The fourth-order valence-corrected chi connectivity index (χ4v) is 1.70. The summed E-state index contributed by atoms with van der Waals surface area (Å²) in [5.74, 6) is -0.932. The normalized spacial score (nSPS) is 11.6. The van der Waals surface area contributed by atoms with Crippen molar-refractivity contribution in [2.45, 2.75) is 0 Å². The van der Waals surface area contributed by atoms with Crippen LogP contribution >= 0.6 is 12.2 Å². The van der Waals surface area contributed by atoms with Gasteiger partial charge >= 0.3 is 0 Å². The molecule has 20 heavy (non-hydrogen) atoms. The van der Waals surface area contributed by atoms with E-state index in [0.717, 1.165) is 6.26 Å². The molecule has 108 valence electrons. The molecule has 0 spiro atoms. The Labute approximate surface area is 122 Å². The highest BCUT2D eigenvalue weighted by Crippen LogP contribution is 2.01. The van der Waals surface area contributed by atoms with Gasteiger partial charge in [-0.3, -0.25) is 15.6 Å². The van der Waals surface area contributed by atoms with Gasteiger partial charge in [0.25, 0.3) is 10.0 Å². The SMILES string of the molecule is CNC(=S)NN/C(=N\S(C)(=O)=O)C(=O)c1ccccc1. The molecule has 0 unspecified atom stereocenters. The molecule has 0 aliphatic carbocycles. The van der Waals surface area contributed by atoms with E-state index in [1.807, 2.05) is 0 Å². The molecule has 0 amide bonds. The van der Waals surface area contributed by atoms with Gasteiger partial charge in [-0.15, -0.1) is 4.40 Å². The number of nitrogens with zero attached hydrogens (tertiary/aromatic N) is 1. The van der Waals surface area contributed by atoms with Crippen LogP contribution in [0, 0.1) is 0 Å². The third kappa shape index (κ3) is 5.33. The van der Waals surface area contributed by atoms with Crippen LogP contribution in [0.3, 0.4) is 0 Å². The van der Waals surface area contributed by atoms with E-state index >= 15 is 0 Å². The van der Waals surface area contributed by atoms with Crippen LogP contribution in [-0.2, 0) is 10.0 Å². The van der Waals surface area contributed by atoms with Gasteiger partial charge in [0.05, 0.1) is 6.26 Å². The minimum Gasteiger partial charge on any atom is -0.364 e. The first kappa shape index (κ1) is 16.1. The van der Waals surface area contributed by atoms with Crippen molar-refractivity contribution in [1.82, 2.24) is 16.2 Å². The zero-order valence-corrected chi connectivity index (χ0v) is 12.5. The Kier molecular flexibility index (Phi) is 5.59. The number of carbonyl (C=O) groups excluding carboxylic acids is 1. The van der Waals surface area contributed by atoms with Gasteiger partial charge in [0.2, 0.25) is 11.6 Å². The lowest BCUT2D eigenvalue weighted by Gasteiger charge is -2.11. The highest BCUT2D eigenvalue weighted by Gasteiger charge is 2.16. The fraction of sp³-hybridized carbons (Fsp3) is 0.182. The average Bonchev–Trinajstić information content (AvgIpc) is 2.42. The van der Waals surface area contributed by atoms with Crippen LogP contribution < -0.4 is 16.2 Å². The van der Waals surface area contributed by atoms with Gasteiger partial charge in [0, 0.05) is 12.6 Å². The molecule has 0 saturated carbocycles. The Morgan fingerprint density at radius 3 is 2.30 bits per heavy atom. The number of benzene rings is 1. The van der Waals surface area contributed by atoms with Crippen molar-refractivity contribution in [2.24, 2.45) is 4.40 Å². The third-order valence-electron chi connectivity index (χ3n) is 2.03. The maximum Gasteiger partial charge on any atom is 0.252 e. The third-order valence-corrected chi connectivity index (χ3v) is 2.85. The highest BCUT2D eigenvalue weighted by atomic mass is 32.2. The summed E-state index contributed by atoms with van der Waals surface area (Å²) in [5, 5.41) is 2.79. The van der Waals surface area contributed by atoms with Crippen LogP contribution in [0.4, 0.5) is 0 Å². The molecule has 0 saturated heterocycles. The maximum atomic E-state index is 12.2. The monoisotopic (exact) mass is 314 g/mol. The highest BCUT2D eigenvalue weighted by molar-refractivity contribution is 7.89. The number of ketones is 1. The lowest BCUT2D eigenvalue weighted by Crippen LogP contribution is -2.48. The summed E-state index contributed by atoms with van der Waals surface area (Å²) in [7, 11) is -2.16. The number of nitrogens with one attached hydrogen (secondary N) is 3. The van der Waals surface area contributed by atoms with E-state index in [-0.39, 0.29) is 10.9 Å². The van der Waals surface area contributed by atoms with Gasteiger partial charge < -0.3 is 5.32 Å². The summed E-state index contributed by atoms with van der Waals surface area (Å²) in [5.41, 5.74) is 5.16. The van der Waals surface area contributed by atoms with Crippen molar-refractivity contribution in [1.29, 1.82) is 0 Å². The molecular weight excluding hydrogens is 300 g/mol. The van der Waals surface area contributed by atoms with Crippen molar-refractivity contribution in [3.8, 4) is 0 Å². The molecule has 1 aromatic rings. The van der Waals surface area contributed by atoms with Crippen LogP contribution in [-0.4, -0.2) is 38.5 Å². The lowest BCUT2D eigenvalue weighted by molar-refractivity contribution is 0.106. The van der Waals surface area contributed by atoms with E-state index in [1.54, 1.807) is 37.4 Å². The minimum absolute atomic E-state index is 0.187. The van der Waals surface area contributed by atoms with Gasteiger partial charge in [0.15, 0.2) is 5.11 Å². The molecule has 1 rings (SSSR count). The molecule has 9 heteroatoms. The summed E-state index contributed by atoms with van der Waals surface area (Å²) in [4.78, 5) is 12.2. The number of Topliss-reactive ketones (excluding diaryl/α,β-unsaturated/α-hetero) is 1. The predicted molar refractivity (Wildman–Crippen MR) is 81.0 cm³/mol. The fourth-order valence-electron chi connectivity index (χ4n) is 1.19. The number of amidine groups is 1. The molecule has 0 aromatic heterocycles. The lowest BCUT2D eigenvalue weighted by atomic mass is 10.1. The topological polar surface area (TPSA) is 99.7 Å². The summed E-state index contributed by atoms with van der Waals surface area (Å²) >= 11 is 4.82. The zero-order chi connectivity index (χ0) is 15.2. The van der Waals surface area contributed by atoms with Crippen LogP contribution in [0.15, 0.2) is 34.7 Å². The first-order chi connectivity index (χ1) is 9.33. The number of sulfonamides is 1. The van der Waals surface area contributed by atoms with Crippen molar-refractivity contribution in [3.05, 3.63) is 35.9 Å². The number of carbonyl (C=O) groups is 1. The summed E-state index contributed by atoms with van der Waals surface area (Å²) in [6.45, 7) is 0. The second kappa shape index (κ2) is 6.96. The summed E-state index contributed by atoms with van der Waals surface area (Å²) in [6.07, 6.45) is 0.892. The molecule has 1 aromatic carbocycles. The number of hydrogen-bond acceptors (Lipinski definition) is 4. The average molecular weight is 314 g/mol. The van der Waals surface area contributed by atoms with Crippen molar-refractivity contribution in [3.63, 3.8) is 0 Å². The Bertz CT molecular complexity index is 626. The van der Waals surface area contributed by atoms with E-state index in [1.165, 1.54) is 0 Å². The Morgan fingerprint density at radius 2 is 1.80 bits per heavy atom. The number of thiocarbonyl (C=S) groups is 1. The standard InChI is InChI=1S/C11H14N4O3S2/c1-12-11(19)14-13-10(15-20(2,17)18)9(16)8-6-4-3-5-7-8/h3-7H,1-2H3,(H,13,15)(H2,12,14,19). The molecule has 0 aliphatic rings. The van der Waals surface area contributed by atoms with E-state index in [2.05, 4.69) is 20.6 Å². The molecule has 0 fully saturated rings. The number of hydrazine groups is 1. The van der Waals surface area contributed by atoms with E-state index < -0.39 is 15.8 Å². The van der Waals surface area contributed by atoms with Gasteiger partial charge in [-0.2, -0.15) is 0 Å². The second-order valence-corrected chi connectivity index (χ2v) is 5.75. The molecule has 0 radical (unpaired) electrons. The summed E-state index contributed by atoms with van der Waals surface area (Å²) < 4.78 is 25.8. The molecule has 7 nitrogen and oxygen atoms in total. The quantitative estimate of drug-likeness (QED) is 0.234. The van der Waals surface area contributed by atoms with Crippen LogP contribution in [0.5, 0.6) is 0 Å². The molecular formula is C11H14N4O3S2. The van der Waals surface area contributed by atoms with E-state index in [9.17, 15) is 13.2 Å². The summed E-state index contributed by atoms with van der Waals surface area (Å²) in [6, 6.07) is 8.18. The maximum absolute atomic E-state index is 12.2. The first-order valence-corrected chi connectivity index (χ1v) is 7.72. The first-order valence-electron chi connectivity index (χ1n) is 5.47. The van der Waals surface area contributed by atoms with Crippen LogP contribution in [0.25, 0.3) is 0 Å². The van der Waals surface area contributed by atoms with Gasteiger partial charge in [-0.25, -0.2) is 8.42 Å². The Balaban J connectivity index is 3.03. The Hall–Kier alpha value is -2.00. The number of hydrogen-bond donors (Lipinski definition) is 3. The molecule has 3 N–H and O–H groups in total. The zero-order valence-electron chi connectivity index (χ0n) is 10.9. The predicted octanol–water partition coefficient (Wildman–Crippen LogP) is -0.174. The van der Waals surface area contributed by atoms with Crippen molar-refractivity contribution >= 4 is 39.0 Å².